The Morgan fingerprint density at radius 2 is 2.31 bits per heavy atom. The second-order valence-corrected chi connectivity index (χ2v) is 3.88. The second-order valence-electron chi connectivity index (χ2n) is 3.48. The number of hydrogen-bond donors (Lipinski definition) is 0. The molecule has 1 unspecified atom stereocenters. The quantitative estimate of drug-likeness (QED) is 0.756. The molecule has 3 nitrogen and oxygen atoms in total. The molecule has 0 aliphatic rings. The van der Waals surface area contributed by atoms with E-state index in [0.717, 1.165) is 0 Å². The number of methoxy groups -OCH3 is 1. The maximum atomic E-state index is 11.8. The van der Waals surface area contributed by atoms with E-state index in [2.05, 4.69) is 0 Å². The van der Waals surface area contributed by atoms with Crippen molar-refractivity contribution in [2.75, 3.05) is 7.11 Å². The van der Waals surface area contributed by atoms with Crippen molar-refractivity contribution in [1.29, 1.82) is 5.26 Å². The molecule has 84 valence electrons. The largest absolute Gasteiger partial charge is 0.495 e. The van der Waals surface area contributed by atoms with Crippen LogP contribution in [0.15, 0.2) is 18.2 Å². The summed E-state index contributed by atoms with van der Waals surface area (Å²) in [6, 6.07) is 6.84. The van der Waals surface area contributed by atoms with Gasteiger partial charge in [-0.25, -0.2) is 0 Å². The van der Waals surface area contributed by atoms with Gasteiger partial charge in [-0.05, 0) is 18.2 Å². The Balaban J connectivity index is 2.94. The van der Waals surface area contributed by atoms with Crippen LogP contribution in [-0.4, -0.2) is 12.9 Å². The number of carbonyl (C=O) groups is 1. The first-order valence-corrected chi connectivity index (χ1v) is 5.22. The van der Waals surface area contributed by atoms with Gasteiger partial charge in [-0.15, -0.1) is 0 Å². The van der Waals surface area contributed by atoms with Crippen molar-refractivity contribution in [2.24, 2.45) is 5.92 Å². The normalized spacial score (nSPS) is 11.6. The molecule has 0 aliphatic carbocycles. The molecule has 0 N–H and O–H groups in total. The highest BCUT2D eigenvalue weighted by molar-refractivity contribution is 6.32. The Hall–Kier alpha value is -1.53. The number of rotatable bonds is 4. The van der Waals surface area contributed by atoms with Gasteiger partial charge in [-0.2, -0.15) is 5.26 Å². The van der Waals surface area contributed by atoms with Crippen LogP contribution in [0.4, 0.5) is 0 Å². The van der Waals surface area contributed by atoms with Crippen LogP contribution in [0.5, 0.6) is 5.75 Å². The minimum Gasteiger partial charge on any atom is -0.495 e. The zero-order valence-electron chi connectivity index (χ0n) is 9.16. The molecule has 16 heavy (non-hydrogen) atoms. The van der Waals surface area contributed by atoms with Crippen molar-refractivity contribution in [3.63, 3.8) is 0 Å². The van der Waals surface area contributed by atoms with E-state index in [1.54, 1.807) is 25.1 Å². The van der Waals surface area contributed by atoms with Gasteiger partial charge < -0.3 is 4.74 Å². The molecule has 0 aliphatic heterocycles. The van der Waals surface area contributed by atoms with Gasteiger partial charge in [0.25, 0.3) is 0 Å². The lowest BCUT2D eigenvalue weighted by molar-refractivity contribution is 0.0932. The van der Waals surface area contributed by atoms with Gasteiger partial charge in [-0.1, -0.05) is 18.5 Å². The topological polar surface area (TPSA) is 50.1 Å². The summed E-state index contributed by atoms with van der Waals surface area (Å²) < 4.78 is 4.99. The summed E-state index contributed by atoms with van der Waals surface area (Å²) in [6.45, 7) is 1.73. The summed E-state index contributed by atoms with van der Waals surface area (Å²) in [4.78, 5) is 11.8. The maximum Gasteiger partial charge on any atom is 0.166 e. The molecule has 0 radical (unpaired) electrons. The summed E-state index contributed by atoms with van der Waals surface area (Å²) in [7, 11) is 1.51. The minimum absolute atomic E-state index is 0.0777. The highest BCUT2D eigenvalue weighted by Crippen LogP contribution is 2.26. The van der Waals surface area contributed by atoms with Gasteiger partial charge in [0.1, 0.15) is 5.75 Å². The molecular weight excluding hydrogens is 226 g/mol. The van der Waals surface area contributed by atoms with Crippen molar-refractivity contribution >= 4 is 17.4 Å². The highest BCUT2D eigenvalue weighted by Gasteiger charge is 2.16. The number of hydrogen-bond acceptors (Lipinski definition) is 3. The maximum absolute atomic E-state index is 11.8. The predicted octanol–water partition coefficient (Wildman–Crippen LogP) is 3.08. The van der Waals surface area contributed by atoms with E-state index >= 15 is 0 Å². The van der Waals surface area contributed by atoms with Crippen LogP contribution in [0.3, 0.4) is 0 Å². The zero-order valence-corrected chi connectivity index (χ0v) is 9.91. The van der Waals surface area contributed by atoms with E-state index in [4.69, 9.17) is 21.6 Å². The van der Waals surface area contributed by atoms with Crippen molar-refractivity contribution in [3.8, 4) is 11.8 Å². The number of nitrogens with zero attached hydrogens (tertiary/aromatic N) is 1. The molecule has 1 aromatic rings. The van der Waals surface area contributed by atoms with E-state index in [9.17, 15) is 4.79 Å². The third kappa shape index (κ3) is 2.74. The highest BCUT2D eigenvalue weighted by atomic mass is 35.5. The van der Waals surface area contributed by atoms with E-state index in [1.165, 1.54) is 7.11 Å². The van der Waals surface area contributed by atoms with Crippen molar-refractivity contribution < 1.29 is 9.53 Å². The van der Waals surface area contributed by atoms with E-state index in [1.807, 2.05) is 6.07 Å². The van der Waals surface area contributed by atoms with Gasteiger partial charge in [0.05, 0.1) is 18.2 Å². The summed E-state index contributed by atoms with van der Waals surface area (Å²) >= 11 is 5.91. The van der Waals surface area contributed by atoms with Crippen LogP contribution in [-0.2, 0) is 0 Å². The van der Waals surface area contributed by atoms with Crippen LogP contribution in [0.1, 0.15) is 23.7 Å². The van der Waals surface area contributed by atoms with Crippen LogP contribution in [0.2, 0.25) is 5.02 Å². The number of carbonyl (C=O) groups excluding carboxylic acids is 1. The molecule has 0 heterocycles. The molecule has 1 rings (SSSR count). The fourth-order valence-electron chi connectivity index (χ4n) is 1.33. The van der Waals surface area contributed by atoms with Crippen molar-refractivity contribution in [1.82, 2.24) is 0 Å². The Labute approximate surface area is 99.6 Å². The first-order chi connectivity index (χ1) is 7.60. The fraction of sp³-hybridized carbons (Fsp3) is 0.333. The Bertz CT molecular complexity index is 437. The molecule has 0 bridgehead atoms. The molecule has 0 fully saturated rings. The van der Waals surface area contributed by atoms with Crippen LogP contribution in [0, 0.1) is 17.2 Å². The Morgan fingerprint density at radius 3 is 2.81 bits per heavy atom. The average molecular weight is 238 g/mol. The molecular formula is C12H12ClNO2. The number of ether oxygens (including phenoxy) is 1. The molecule has 4 heteroatoms. The van der Waals surface area contributed by atoms with Crippen LogP contribution >= 0.6 is 11.6 Å². The number of Topliss-reactive ketones (excluding diaryl/α,β-unsaturated/α-hetero) is 1. The summed E-state index contributed by atoms with van der Waals surface area (Å²) in [5.41, 5.74) is 0.508. The molecule has 0 saturated carbocycles. The molecule has 1 aromatic carbocycles. The lowest BCUT2D eigenvalue weighted by Gasteiger charge is -2.08. The SMILES string of the molecule is COc1ccc(C(=O)C(C)CC#N)cc1Cl. The number of halogens is 1. The minimum atomic E-state index is -0.311. The van der Waals surface area contributed by atoms with E-state index < -0.39 is 0 Å². The zero-order chi connectivity index (χ0) is 12.1. The summed E-state index contributed by atoms with van der Waals surface area (Å²) in [5, 5.41) is 8.92. The summed E-state index contributed by atoms with van der Waals surface area (Å²) in [6.07, 6.45) is 0.211. The monoisotopic (exact) mass is 237 g/mol. The lowest BCUT2D eigenvalue weighted by Crippen LogP contribution is -2.10. The average Bonchev–Trinajstić information content (AvgIpc) is 2.28. The van der Waals surface area contributed by atoms with Gasteiger partial charge in [0.2, 0.25) is 0 Å². The molecule has 0 saturated heterocycles. The molecule has 1 atom stereocenters. The smallest absolute Gasteiger partial charge is 0.166 e. The standard InChI is InChI=1S/C12H12ClNO2/c1-8(5-6-14)12(15)9-3-4-11(16-2)10(13)7-9/h3-4,7-8H,5H2,1-2H3. The first-order valence-electron chi connectivity index (χ1n) is 4.84. The fourth-order valence-corrected chi connectivity index (χ4v) is 1.59. The third-order valence-corrected chi connectivity index (χ3v) is 2.58. The number of ketones is 1. The summed E-state index contributed by atoms with van der Waals surface area (Å²) in [5.74, 6) is 0.145. The lowest BCUT2D eigenvalue weighted by atomic mass is 9.97. The van der Waals surface area contributed by atoms with Crippen LogP contribution in [0.25, 0.3) is 0 Å². The van der Waals surface area contributed by atoms with E-state index in [-0.39, 0.29) is 18.1 Å². The predicted molar refractivity (Wildman–Crippen MR) is 61.7 cm³/mol. The van der Waals surface area contributed by atoms with Crippen molar-refractivity contribution in [3.05, 3.63) is 28.8 Å². The molecule has 0 amide bonds. The Kier molecular flexibility index (Phi) is 4.33. The van der Waals surface area contributed by atoms with Crippen LogP contribution < -0.4 is 4.74 Å². The van der Waals surface area contributed by atoms with Gasteiger partial charge in [-0.3, -0.25) is 4.79 Å². The third-order valence-electron chi connectivity index (χ3n) is 2.28. The molecule has 0 spiro atoms. The number of benzene rings is 1. The van der Waals surface area contributed by atoms with Gasteiger partial charge in [0.15, 0.2) is 5.78 Å². The van der Waals surface area contributed by atoms with Crippen molar-refractivity contribution in [2.45, 2.75) is 13.3 Å². The second kappa shape index (κ2) is 5.53. The van der Waals surface area contributed by atoms with E-state index in [0.29, 0.717) is 16.3 Å². The number of nitriles is 1. The molecule has 0 aromatic heterocycles. The van der Waals surface area contributed by atoms with Gasteiger partial charge >= 0.3 is 0 Å². The Morgan fingerprint density at radius 1 is 1.62 bits per heavy atom. The van der Waals surface area contributed by atoms with Gasteiger partial charge in [0, 0.05) is 17.9 Å². The first kappa shape index (κ1) is 12.5.